The largest absolute Gasteiger partial charge is 0.264 e. The number of hydrogen-bond acceptors (Lipinski definition) is 3. The van der Waals surface area contributed by atoms with Crippen molar-refractivity contribution in [1.82, 2.24) is 9.97 Å². The van der Waals surface area contributed by atoms with Crippen LogP contribution in [0.1, 0.15) is 30.5 Å². The monoisotopic (exact) mass is 601 g/mol. The molecule has 0 aliphatic heterocycles. The molecule has 0 spiro atoms. The summed E-state index contributed by atoms with van der Waals surface area (Å²) in [5.41, 5.74) is 16.9. The van der Waals surface area contributed by atoms with Gasteiger partial charge in [-0.1, -0.05) is 92.7 Å². The molecule has 0 saturated heterocycles. The maximum atomic E-state index is 9.58. The molecule has 0 saturated carbocycles. The maximum Gasteiger partial charge on any atom is 0.0991 e. The molecule has 7 aromatic rings. The molecule has 0 radical (unpaired) electrons. The molecule has 8 rings (SSSR count). The second-order valence-corrected chi connectivity index (χ2v) is 12.7. The van der Waals surface area contributed by atoms with Crippen molar-refractivity contribution < 1.29 is 0 Å². The first-order valence-electron chi connectivity index (χ1n) is 15.8. The van der Waals surface area contributed by atoms with Crippen molar-refractivity contribution in [2.75, 3.05) is 0 Å². The summed E-state index contributed by atoms with van der Waals surface area (Å²) in [4.78, 5) is 8.59. The van der Waals surface area contributed by atoms with Crippen LogP contribution in [0.2, 0.25) is 0 Å². The summed E-state index contributed by atoms with van der Waals surface area (Å²) in [5.74, 6) is 0. The van der Waals surface area contributed by atoms with Crippen molar-refractivity contribution in [3.8, 4) is 72.8 Å². The fourth-order valence-electron chi connectivity index (χ4n) is 6.89. The highest BCUT2D eigenvalue weighted by Crippen LogP contribution is 2.50. The highest BCUT2D eigenvalue weighted by Gasteiger charge is 2.35. The van der Waals surface area contributed by atoms with Gasteiger partial charge in [-0.3, -0.25) is 9.97 Å². The standard InChI is InChI=1S/C44H31N3/c1-44(2)42-21-29(26-45)7-17-40(42)41-18-16-34(25-43(41)44)39-23-37(32-12-8-30(9-13-32)35-5-3-19-46-27-35)22-38(24-39)33-14-10-31(11-15-33)36-6-4-20-47-28-36/h3-25,27-28H,1-2H3. The molecule has 0 unspecified atom stereocenters. The van der Waals surface area contributed by atoms with E-state index in [1.807, 2.05) is 30.6 Å². The Labute approximate surface area is 275 Å². The Morgan fingerprint density at radius 3 is 1.34 bits per heavy atom. The van der Waals surface area contributed by atoms with E-state index >= 15 is 0 Å². The van der Waals surface area contributed by atoms with Crippen molar-refractivity contribution in [3.63, 3.8) is 0 Å². The van der Waals surface area contributed by atoms with Crippen LogP contribution in [0.25, 0.3) is 66.8 Å². The van der Waals surface area contributed by atoms with Crippen LogP contribution in [-0.2, 0) is 5.41 Å². The fraction of sp³-hybridized carbons (Fsp3) is 0.0682. The predicted octanol–water partition coefficient (Wildman–Crippen LogP) is 11.0. The molecule has 0 N–H and O–H groups in total. The van der Waals surface area contributed by atoms with Gasteiger partial charge in [0.25, 0.3) is 0 Å². The molecule has 0 bridgehead atoms. The van der Waals surface area contributed by atoms with Crippen molar-refractivity contribution in [2.45, 2.75) is 19.3 Å². The van der Waals surface area contributed by atoms with Gasteiger partial charge in [0.1, 0.15) is 0 Å². The molecule has 1 aliphatic carbocycles. The van der Waals surface area contributed by atoms with E-state index in [2.05, 4.69) is 139 Å². The minimum atomic E-state index is -0.210. The molecule has 222 valence electrons. The van der Waals surface area contributed by atoms with Gasteiger partial charge in [-0.2, -0.15) is 5.26 Å². The zero-order valence-electron chi connectivity index (χ0n) is 26.3. The SMILES string of the molecule is CC1(C)c2cc(C#N)ccc2-c2ccc(-c3cc(-c4ccc(-c5cccnc5)cc4)cc(-c4ccc(-c5cccnc5)cc4)c3)cc21. The number of hydrogen-bond donors (Lipinski definition) is 0. The number of rotatable bonds is 5. The Kier molecular flexibility index (Phi) is 6.85. The van der Waals surface area contributed by atoms with E-state index in [-0.39, 0.29) is 5.41 Å². The summed E-state index contributed by atoms with van der Waals surface area (Å²) < 4.78 is 0. The average molecular weight is 602 g/mol. The first-order chi connectivity index (χ1) is 23.0. The summed E-state index contributed by atoms with van der Waals surface area (Å²) in [6.45, 7) is 4.52. The van der Waals surface area contributed by atoms with Crippen LogP contribution in [0, 0.1) is 11.3 Å². The number of nitrogens with zero attached hydrogens (tertiary/aromatic N) is 3. The minimum absolute atomic E-state index is 0.210. The molecule has 0 amide bonds. The minimum Gasteiger partial charge on any atom is -0.264 e. The zero-order chi connectivity index (χ0) is 32.0. The summed E-state index contributed by atoms with van der Waals surface area (Å²) >= 11 is 0. The highest BCUT2D eigenvalue weighted by atomic mass is 14.6. The lowest BCUT2D eigenvalue weighted by molar-refractivity contribution is 0.660. The molecule has 1 aliphatic rings. The first-order valence-corrected chi connectivity index (χ1v) is 15.8. The molecule has 0 fully saturated rings. The Morgan fingerprint density at radius 1 is 0.447 bits per heavy atom. The zero-order valence-corrected chi connectivity index (χ0v) is 26.3. The molecular formula is C44H31N3. The van der Waals surface area contributed by atoms with Gasteiger partial charge in [-0.15, -0.1) is 0 Å². The van der Waals surface area contributed by atoms with E-state index in [9.17, 15) is 5.26 Å². The quantitative estimate of drug-likeness (QED) is 0.197. The van der Waals surface area contributed by atoms with Crippen molar-refractivity contribution in [2.24, 2.45) is 0 Å². The molecule has 47 heavy (non-hydrogen) atoms. The molecule has 2 heterocycles. The number of pyridine rings is 2. The smallest absolute Gasteiger partial charge is 0.0991 e. The number of aromatic nitrogens is 2. The van der Waals surface area contributed by atoms with Crippen LogP contribution >= 0.6 is 0 Å². The third-order valence-corrected chi connectivity index (χ3v) is 9.50. The van der Waals surface area contributed by atoms with Gasteiger partial charge < -0.3 is 0 Å². The molecular weight excluding hydrogens is 571 g/mol. The Hall–Kier alpha value is -6.11. The van der Waals surface area contributed by atoms with Crippen LogP contribution in [0.15, 0.2) is 152 Å². The molecule has 5 aromatic carbocycles. The predicted molar refractivity (Wildman–Crippen MR) is 191 cm³/mol. The van der Waals surface area contributed by atoms with E-state index < -0.39 is 0 Å². The van der Waals surface area contributed by atoms with Crippen molar-refractivity contribution >= 4 is 0 Å². The Morgan fingerprint density at radius 2 is 0.872 bits per heavy atom. The number of benzene rings is 5. The van der Waals surface area contributed by atoms with Gasteiger partial charge in [0.05, 0.1) is 11.6 Å². The van der Waals surface area contributed by atoms with Gasteiger partial charge in [0.15, 0.2) is 0 Å². The lowest BCUT2D eigenvalue weighted by atomic mass is 9.81. The van der Waals surface area contributed by atoms with E-state index in [1.165, 1.54) is 27.8 Å². The second-order valence-electron chi connectivity index (χ2n) is 12.7. The van der Waals surface area contributed by atoms with Crippen molar-refractivity contribution in [1.29, 1.82) is 5.26 Å². The van der Waals surface area contributed by atoms with E-state index in [1.54, 1.807) is 12.4 Å². The van der Waals surface area contributed by atoms with Gasteiger partial charge in [-0.05, 0) is 126 Å². The van der Waals surface area contributed by atoms with Gasteiger partial charge in [-0.25, -0.2) is 0 Å². The van der Waals surface area contributed by atoms with Crippen LogP contribution in [0.3, 0.4) is 0 Å². The third-order valence-electron chi connectivity index (χ3n) is 9.50. The first kappa shape index (κ1) is 28.4. The topological polar surface area (TPSA) is 49.6 Å². The van der Waals surface area contributed by atoms with E-state index in [0.717, 1.165) is 50.1 Å². The molecule has 3 nitrogen and oxygen atoms in total. The molecule has 0 atom stereocenters. The average Bonchev–Trinajstić information content (AvgIpc) is 3.37. The lowest BCUT2D eigenvalue weighted by Crippen LogP contribution is -2.15. The lowest BCUT2D eigenvalue weighted by Gasteiger charge is -2.22. The molecule has 2 aromatic heterocycles. The molecule has 3 heteroatoms. The van der Waals surface area contributed by atoms with E-state index in [0.29, 0.717) is 5.56 Å². The van der Waals surface area contributed by atoms with Crippen LogP contribution in [0.4, 0.5) is 0 Å². The Balaban J connectivity index is 1.24. The highest BCUT2D eigenvalue weighted by molar-refractivity contribution is 5.87. The third kappa shape index (κ3) is 5.11. The second kappa shape index (κ2) is 11.4. The fourth-order valence-corrected chi connectivity index (χ4v) is 6.89. The van der Waals surface area contributed by atoms with Crippen molar-refractivity contribution in [3.05, 3.63) is 169 Å². The maximum absolute atomic E-state index is 9.58. The van der Waals surface area contributed by atoms with Crippen LogP contribution < -0.4 is 0 Å². The van der Waals surface area contributed by atoms with Gasteiger partial charge in [0, 0.05) is 30.2 Å². The summed E-state index contributed by atoms with van der Waals surface area (Å²) in [6.07, 6.45) is 7.41. The van der Waals surface area contributed by atoms with E-state index in [4.69, 9.17) is 0 Å². The normalized spacial score (nSPS) is 12.6. The van der Waals surface area contributed by atoms with Gasteiger partial charge >= 0.3 is 0 Å². The Bertz CT molecular complexity index is 2190. The van der Waals surface area contributed by atoms with Crippen LogP contribution in [-0.4, -0.2) is 9.97 Å². The van der Waals surface area contributed by atoms with Crippen LogP contribution in [0.5, 0.6) is 0 Å². The summed E-state index contributed by atoms with van der Waals surface area (Å²) in [7, 11) is 0. The number of nitriles is 1. The number of fused-ring (bicyclic) bond motifs is 3. The van der Waals surface area contributed by atoms with Gasteiger partial charge in [0.2, 0.25) is 0 Å². The summed E-state index contributed by atoms with van der Waals surface area (Å²) in [6, 6.07) is 47.7. The summed E-state index contributed by atoms with van der Waals surface area (Å²) in [5, 5.41) is 9.58.